The van der Waals surface area contributed by atoms with E-state index in [1.165, 1.54) is 24.3 Å². The second-order valence-corrected chi connectivity index (χ2v) is 10.9. The molecule has 3 rings (SSSR count). The summed E-state index contributed by atoms with van der Waals surface area (Å²) < 4.78 is 0. The molecule has 2 aromatic carbocycles. The van der Waals surface area contributed by atoms with Crippen LogP contribution in [-0.4, -0.2) is 69.0 Å². The fourth-order valence-electron chi connectivity index (χ4n) is 4.63. The van der Waals surface area contributed by atoms with Gasteiger partial charge in [0.2, 0.25) is 23.6 Å². The minimum Gasteiger partial charge on any atom is -0.508 e. The molecular weight excluding hydrogens is 556 g/mol. The van der Waals surface area contributed by atoms with Gasteiger partial charge in [-0.15, -0.1) is 0 Å². The number of primary amides is 1. The fraction of sp³-hybridized carbons (Fsp3) is 0.367. The van der Waals surface area contributed by atoms with E-state index in [4.69, 9.17) is 11.5 Å². The molecule has 0 spiro atoms. The number of phenolic OH excluding ortho intramolecular Hbond substituents is 1. The summed E-state index contributed by atoms with van der Waals surface area (Å²) in [5.41, 5.74) is 13.7. The quantitative estimate of drug-likeness (QED) is 0.123. The van der Waals surface area contributed by atoms with Gasteiger partial charge in [-0.2, -0.15) is 0 Å². The van der Waals surface area contributed by atoms with Gasteiger partial charge in [0.15, 0.2) is 0 Å². The van der Waals surface area contributed by atoms with E-state index in [2.05, 4.69) is 20.9 Å². The van der Waals surface area contributed by atoms with Gasteiger partial charge in [0.05, 0.1) is 12.5 Å². The number of aromatic amines is 1. The molecule has 0 aliphatic carbocycles. The van der Waals surface area contributed by atoms with Crippen LogP contribution in [0.3, 0.4) is 0 Å². The summed E-state index contributed by atoms with van der Waals surface area (Å²) in [6, 6.07) is 8.53. The number of aliphatic carboxylic acids is 1. The van der Waals surface area contributed by atoms with Crippen LogP contribution in [0.25, 0.3) is 10.9 Å². The highest BCUT2D eigenvalue weighted by molar-refractivity contribution is 5.95. The maximum absolute atomic E-state index is 13.5. The van der Waals surface area contributed by atoms with Crippen LogP contribution in [0.5, 0.6) is 5.75 Å². The zero-order chi connectivity index (χ0) is 31.7. The first-order valence-corrected chi connectivity index (χ1v) is 13.8. The van der Waals surface area contributed by atoms with Gasteiger partial charge in [0, 0.05) is 23.5 Å². The van der Waals surface area contributed by atoms with Crippen LogP contribution < -0.4 is 27.4 Å². The zero-order valence-electron chi connectivity index (χ0n) is 24.0. The molecule has 0 fully saturated rings. The Hall–Kier alpha value is -4.91. The number of nitrogens with one attached hydrogen (secondary N) is 4. The van der Waals surface area contributed by atoms with Crippen LogP contribution in [0.4, 0.5) is 0 Å². The van der Waals surface area contributed by atoms with E-state index in [1.807, 2.05) is 38.1 Å². The van der Waals surface area contributed by atoms with Gasteiger partial charge < -0.3 is 42.6 Å². The molecule has 13 heteroatoms. The topological polar surface area (TPSA) is 230 Å². The minimum atomic E-state index is -1.61. The van der Waals surface area contributed by atoms with Crippen molar-refractivity contribution in [1.29, 1.82) is 0 Å². The smallest absolute Gasteiger partial charge is 0.326 e. The normalized spacial score (nSPS) is 14.0. The van der Waals surface area contributed by atoms with E-state index in [1.54, 1.807) is 6.20 Å². The maximum atomic E-state index is 13.5. The third-order valence-electron chi connectivity index (χ3n) is 6.82. The van der Waals surface area contributed by atoms with E-state index in [0.717, 1.165) is 16.5 Å². The number of carboxylic acid groups (broad SMARTS) is 1. The number of amides is 4. The summed E-state index contributed by atoms with van der Waals surface area (Å²) in [4.78, 5) is 65.9. The molecule has 4 amide bonds. The van der Waals surface area contributed by atoms with E-state index < -0.39 is 60.2 Å². The number of para-hydroxylation sites is 1. The lowest BCUT2D eigenvalue weighted by Gasteiger charge is -2.26. The highest BCUT2D eigenvalue weighted by Gasteiger charge is 2.31. The molecule has 10 N–H and O–H groups in total. The van der Waals surface area contributed by atoms with Crippen molar-refractivity contribution in [3.63, 3.8) is 0 Å². The van der Waals surface area contributed by atoms with Crippen molar-refractivity contribution in [2.45, 2.75) is 63.7 Å². The van der Waals surface area contributed by atoms with E-state index in [-0.39, 0.29) is 30.9 Å². The lowest BCUT2D eigenvalue weighted by Crippen LogP contribution is -2.58. The number of H-pyrrole nitrogens is 1. The molecule has 13 nitrogen and oxygen atoms in total. The molecule has 0 radical (unpaired) electrons. The summed E-state index contributed by atoms with van der Waals surface area (Å²) in [6.07, 6.45) is 1.49. The summed E-state index contributed by atoms with van der Waals surface area (Å²) in [7, 11) is 0. The first kappa shape index (κ1) is 32.6. The number of carbonyl (C=O) groups excluding carboxylic acids is 4. The Bertz CT molecular complexity index is 1450. The number of carboxylic acids is 1. The molecule has 0 aliphatic rings. The number of hydrogen-bond donors (Lipinski definition) is 8. The summed E-state index contributed by atoms with van der Waals surface area (Å²) in [5.74, 6) is -4.56. The molecule has 3 aromatic rings. The highest BCUT2D eigenvalue weighted by atomic mass is 16.4. The summed E-state index contributed by atoms with van der Waals surface area (Å²) in [6.45, 7) is 3.72. The molecule has 1 aromatic heterocycles. The van der Waals surface area contributed by atoms with Crippen LogP contribution in [0.1, 0.15) is 37.8 Å². The lowest BCUT2D eigenvalue weighted by molar-refractivity contribution is -0.143. The second-order valence-electron chi connectivity index (χ2n) is 10.9. The van der Waals surface area contributed by atoms with Crippen LogP contribution >= 0.6 is 0 Å². The molecule has 43 heavy (non-hydrogen) atoms. The SMILES string of the molecule is CC(C)CC(NC(=O)C(N)Cc1c[nH]c2ccccc12)C(=O)NC(Cc1ccc(O)cc1)C(=O)NC(CC(N)=O)C(=O)O. The van der Waals surface area contributed by atoms with Gasteiger partial charge in [-0.1, -0.05) is 44.2 Å². The Kier molecular flexibility index (Phi) is 11.2. The van der Waals surface area contributed by atoms with Gasteiger partial charge in [-0.05, 0) is 48.1 Å². The van der Waals surface area contributed by atoms with Gasteiger partial charge in [-0.25, -0.2) is 4.79 Å². The first-order valence-electron chi connectivity index (χ1n) is 13.8. The maximum Gasteiger partial charge on any atom is 0.326 e. The average Bonchev–Trinajstić information content (AvgIpc) is 3.35. The molecule has 4 atom stereocenters. The van der Waals surface area contributed by atoms with Crippen molar-refractivity contribution in [1.82, 2.24) is 20.9 Å². The fourth-order valence-corrected chi connectivity index (χ4v) is 4.63. The molecule has 0 aliphatic heterocycles. The van der Waals surface area contributed by atoms with E-state index in [0.29, 0.717) is 5.56 Å². The number of phenols is 1. The predicted octanol–water partition coefficient (Wildman–Crippen LogP) is 0.447. The third-order valence-corrected chi connectivity index (χ3v) is 6.82. The predicted molar refractivity (Wildman–Crippen MR) is 158 cm³/mol. The highest BCUT2D eigenvalue weighted by Crippen LogP contribution is 2.19. The van der Waals surface area contributed by atoms with Crippen LogP contribution in [0, 0.1) is 5.92 Å². The number of fused-ring (bicyclic) bond motifs is 1. The van der Waals surface area contributed by atoms with Crippen molar-refractivity contribution >= 4 is 40.5 Å². The molecule has 4 unspecified atom stereocenters. The van der Waals surface area contributed by atoms with Crippen molar-refractivity contribution in [3.8, 4) is 5.75 Å². The number of aromatic hydroxyl groups is 1. The van der Waals surface area contributed by atoms with Crippen LogP contribution in [0.15, 0.2) is 54.7 Å². The molecule has 1 heterocycles. The number of nitrogens with two attached hydrogens (primary N) is 2. The van der Waals surface area contributed by atoms with Crippen molar-refractivity contribution in [2.75, 3.05) is 0 Å². The van der Waals surface area contributed by atoms with E-state index >= 15 is 0 Å². The van der Waals surface area contributed by atoms with Gasteiger partial charge in [0.25, 0.3) is 0 Å². The number of hydrogen-bond acceptors (Lipinski definition) is 7. The number of rotatable bonds is 15. The minimum absolute atomic E-state index is 0.00938. The Labute approximate surface area is 248 Å². The Morgan fingerprint density at radius 2 is 1.44 bits per heavy atom. The number of aromatic nitrogens is 1. The van der Waals surface area contributed by atoms with E-state index in [9.17, 15) is 34.2 Å². The van der Waals surface area contributed by atoms with Crippen LogP contribution in [-0.2, 0) is 36.8 Å². The Balaban J connectivity index is 1.77. The molecule has 230 valence electrons. The average molecular weight is 595 g/mol. The van der Waals surface area contributed by atoms with Crippen molar-refractivity contribution < 1.29 is 34.2 Å². The monoisotopic (exact) mass is 594 g/mol. The standard InChI is InChI=1S/C30H38N6O7/c1-16(2)11-23(34-27(39)21(31)13-18-15-33-22-6-4-3-5-20(18)22)28(40)35-24(12-17-7-9-19(37)10-8-17)29(41)36-25(30(42)43)14-26(32)38/h3-10,15-16,21,23-25,33,37H,11-14,31H2,1-2H3,(H2,32,38)(H,34,39)(H,35,40)(H,36,41)(H,42,43). The Morgan fingerprint density at radius 1 is 0.837 bits per heavy atom. The third kappa shape index (κ3) is 9.57. The zero-order valence-corrected chi connectivity index (χ0v) is 24.0. The molecule has 0 saturated heterocycles. The number of carbonyl (C=O) groups is 5. The molecule has 0 bridgehead atoms. The largest absolute Gasteiger partial charge is 0.508 e. The number of benzene rings is 2. The van der Waals surface area contributed by atoms with Gasteiger partial charge in [0.1, 0.15) is 23.9 Å². The second kappa shape index (κ2) is 14.8. The van der Waals surface area contributed by atoms with Crippen LogP contribution in [0.2, 0.25) is 0 Å². The van der Waals surface area contributed by atoms with Crippen molar-refractivity contribution in [3.05, 3.63) is 65.9 Å². The summed E-state index contributed by atoms with van der Waals surface area (Å²) >= 11 is 0. The van der Waals surface area contributed by atoms with Gasteiger partial charge >= 0.3 is 5.97 Å². The van der Waals surface area contributed by atoms with Gasteiger partial charge in [-0.3, -0.25) is 19.2 Å². The summed E-state index contributed by atoms with van der Waals surface area (Å²) in [5, 5.41) is 27.6. The first-order chi connectivity index (χ1) is 20.3. The molecule has 0 saturated carbocycles. The molecular formula is C30H38N6O7. The van der Waals surface area contributed by atoms with Crippen molar-refractivity contribution in [2.24, 2.45) is 17.4 Å². The Morgan fingerprint density at radius 3 is 2.07 bits per heavy atom. The lowest BCUT2D eigenvalue weighted by atomic mass is 9.99.